The molecule has 2 amide bonds. The molecule has 3 aromatic heterocycles. The summed E-state index contributed by atoms with van der Waals surface area (Å²) in [6.45, 7) is 5.67. The van der Waals surface area contributed by atoms with Gasteiger partial charge in [0.2, 0.25) is 5.91 Å². The number of aliphatic hydroxyl groups is 1. The van der Waals surface area contributed by atoms with E-state index < -0.39 is 28.2 Å². The Bertz CT molecular complexity index is 1340. The maximum atomic E-state index is 13.3. The fraction of sp³-hybridized carbons (Fsp3) is 0.480. The number of nitrogens with one attached hydrogen (secondary N) is 2. The Morgan fingerprint density at radius 2 is 2.05 bits per heavy atom. The van der Waals surface area contributed by atoms with Crippen LogP contribution in [-0.4, -0.2) is 65.9 Å². The lowest BCUT2D eigenvalue weighted by Gasteiger charge is -2.27. The van der Waals surface area contributed by atoms with E-state index in [1.807, 2.05) is 31.4 Å². The lowest BCUT2D eigenvalue weighted by molar-refractivity contribution is -0.125. The van der Waals surface area contributed by atoms with E-state index in [0.717, 1.165) is 9.40 Å². The molecule has 3 aromatic rings. The van der Waals surface area contributed by atoms with Gasteiger partial charge in [-0.2, -0.15) is 4.31 Å². The number of aliphatic hydroxyl groups excluding tert-OH is 1. The molecular weight excluding hydrogens is 532 g/mol. The van der Waals surface area contributed by atoms with Crippen LogP contribution in [0.5, 0.6) is 0 Å². The Morgan fingerprint density at radius 1 is 1.27 bits per heavy atom. The summed E-state index contributed by atoms with van der Waals surface area (Å²) in [5.41, 5.74) is 0.531. The Balaban J connectivity index is 1.43. The summed E-state index contributed by atoms with van der Waals surface area (Å²) < 4.78 is 29.7. The number of hydrogen-bond acceptors (Lipinski definition) is 8. The van der Waals surface area contributed by atoms with Crippen molar-refractivity contribution in [3.63, 3.8) is 0 Å². The molecule has 200 valence electrons. The predicted molar refractivity (Wildman–Crippen MR) is 145 cm³/mol. The van der Waals surface area contributed by atoms with Gasteiger partial charge in [-0.1, -0.05) is 19.9 Å². The number of fused-ring (bicyclic) bond motifs is 1. The number of hydrogen-bond donors (Lipinski definition) is 3. The number of carbonyl (C=O) groups excluding carboxylic acids is 2. The molecule has 1 aliphatic heterocycles. The monoisotopic (exact) mass is 564 g/mol. The molecule has 3 N–H and O–H groups in total. The molecule has 0 aromatic carbocycles. The van der Waals surface area contributed by atoms with Gasteiger partial charge in [-0.25, -0.2) is 13.4 Å². The van der Waals surface area contributed by atoms with Gasteiger partial charge < -0.3 is 15.7 Å². The number of rotatable bonds is 8. The second-order valence-corrected chi connectivity index (χ2v) is 13.6. The Morgan fingerprint density at radius 3 is 2.76 bits per heavy atom. The maximum Gasteiger partial charge on any atom is 0.262 e. The molecule has 2 unspecified atom stereocenters. The number of pyridine rings is 1. The van der Waals surface area contributed by atoms with Gasteiger partial charge in [0.05, 0.1) is 17.0 Å². The van der Waals surface area contributed by atoms with Gasteiger partial charge in [0.15, 0.2) is 5.03 Å². The molecule has 37 heavy (non-hydrogen) atoms. The molecule has 9 nitrogen and oxygen atoms in total. The van der Waals surface area contributed by atoms with E-state index in [1.54, 1.807) is 30.4 Å². The summed E-state index contributed by atoms with van der Waals surface area (Å²) in [4.78, 5) is 30.8. The Labute approximate surface area is 225 Å². The number of β-amino-alcohol motifs (C(OH)–C–C–N with tert-alkyl or cyclic N) is 1. The third-order valence-electron chi connectivity index (χ3n) is 6.34. The van der Waals surface area contributed by atoms with Crippen molar-refractivity contribution >= 4 is 53.9 Å². The molecule has 4 rings (SSSR count). The van der Waals surface area contributed by atoms with Crippen molar-refractivity contribution < 1.29 is 23.1 Å². The van der Waals surface area contributed by atoms with Crippen LogP contribution >= 0.6 is 22.7 Å². The standard InChI is InChI=1S/C25H32N4O5S3/c1-15(2)12-18(28-24(32)22-13-21-20(36-22)8-11-35-21)23(31)27-17-7-5-10-29(14-19(17)30)37(33,34)25-16(3)6-4-9-26-25/h4,6,8-9,11,13,15,17-19,30H,5,7,10,12,14H2,1-3H3,(H,27,31)(H,28,32)/t17?,18-,19?/m0/s1. The normalized spacial score (nSPS) is 20.0. The van der Waals surface area contributed by atoms with Crippen molar-refractivity contribution in [1.29, 1.82) is 0 Å². The molecule has 0 saturated carbocycles. The first-order valence-corrected chi connectivity index (χ1v) is 15.4. The van der Waals surface area contributed by atoms with E-state index in [2.05, 4.69) is 15.6 Å². The predicted octanol–water partition coefficient (Wildman–Crippen LogP) is 3.14. The fourth-order valence-corrected chi connectivity index (χ4v) is 8.09. The first-order valence-electron chi connectivity index (χ1n) is 12.2. The highest BCUT2D eigenvalue weighted by atomic mass is 32.2. The maximum absolute atomic E-state index is 13.3. The molecule has 0 spiro atoms. The number of sulfonamides is 1. The topological polar surface area (TPSA) is 129 Å². The van der Waals surface area contributed by atoms with Gasteiger partial charge in [-0.15, -0.1) is 22.7 Å². The Hall–Kier alpha value is -2.38. The van der Waals surface area contributed by atoms with Crippen LogP contribution in [0, 0.1) is 12.8 Å². The summed E-state index contributed by atoms with van der Waals surface area (Å²) in [6, 6.07) is 5.73. The zero-order valence-corrected chi connectivity index (χ0v) is 23.5. The molecule has 1 fully saturated rings. The van der Waals surface area contributed by atoms with Crippen molar-refractivity contribution in [1.82, 2.24) is 19.9 Å². The molecule has 0 bridgehead atoms. The van der Waals surface area contributed by atoms with Crippen LogP contribution in [0.4, 0.5) is 0 Å². The largest absolute Gasteiger partial charge is 0.390 e. The van der Waals surface area contributed by atoms with Crippen molar-refractivity contribution in [2.75, 3.05) is 13.1 Å². The number of thiophene rings is 2. The summed E-state index contributed by atoms with van der Waals surface area (Å²) in [5, 5.41) is 18.6. The van der Waals surface area contributed by atoms with Crippen molar-refractivity contribution in [3.05, 3.63) is 46.3 Å². The van der Waals surface area contributed by atoms with Crippen LogP contribution in [-0.2, 0) is 14.8 Å². The highest BCUT2D eigenvalue weighted by molar-refractivity contribution is 7.89. The van der Waals surface area contributed by atoms with Crippen molar-refractivity contribution in [3.8, 4) is 0 Å². The van der Waals surface area contributed by atoms with Gasteiger partial charge in [0.1, 0.15) is 6.04 Å². The van der Waals surface area contributed by atoms with Crippen LogP contribution in [0.3, 0.4) is 0 Å². The number of amides is 2. The van der Waals surface area contributed by atoms with Crippen LogP contribution in [0.25, 0.3) is 9.40 Å². The number of aryl methyl sites for hydroxylation is 1. The van der Waals surface area contributed by atoms with Gasteiger partial charge in [0.25, 0.3) is 15.9 Å². The molecule has 1 aliphatic rings. The molecule has 3 atom stereocenters. The third-order valence-corrected chi connectivity index (χ3v) is 10.4. The van der Waals surface area contributed by atoms with Gasteiger partial charge in [-0.05, 0) is 61.2 Å². The van der Waals surface area contributed by atoms with E-state index in [0.29, 0.717) is 29.7 Å². The van der Waals surface area contributed by atoms with E-state index in [4.69, 9.17) is 0 Å². The second kappa shape index (κ2) is 11.6. The van der Waals surface area contributed by atoms with E-state index in [9.17, 15) is 23.1 Å². The van der Waals surface area contributed by atoms with Crippen molar-refractivity contribution in [2.45, 2.75) is 63.2 Å². The summed E-state index contributed by atoms with van der Waals surface area (Å²) >= 11 is 2.94. The molecule has 0 radical (unpaired) electrons. The Kier molecular flexibility index (Phi) is 8.64. The average Bonchev–Trinajstić information content (AvgIpc) is 3.39. The SMILES string of the molecule is Cc1cccnc1S(=O)(=O)N1CCCC(NC(=O)[C@H](CC(C)C)NC(=O)c2cc3sccc3s2)C(O)C1. The smallest absolute Gasteiger partial charge is 0.262 e. The summed E-state index contributed by atoms with van der Waals surface area (Å²) in [6.07, 6.45) is 1.62. The fourth-order valence-electron chi connectivity index (χ4n) is 4.45. The minimum Gasteiger partial charge on any atom is -0.390 e. The highest BCUT2D eigenvalue weighted by Crippen LogP contribution is 2.30. The lowest BCUT2D eigenvalue weighted by Crippen LogP contribution is -2.54. The molecular formula is C25H32N4O5S3. The highest BCUT2D eigenvalue weighted by Gasteiger charge is 2.35. The molecule has 1 saturated heterocycles. The minimum absolute atomic E-state index is 0.0298. The van der Waals surface area contributed by atoms with Gasteiger partial charge >= 0.3 is 0 Å². The van der Waals surface area contributed by atoms with E-state index >= 15 is 0 Å². The third kappa shape index (κ3) is 6.37. The number of nitrogens with zero attached hydrogens (tertiary/aromatic N) is 2. The summed E-state index contributed by atoms with van der Waals surface area (Å²) in [5.74, 6) is -0.552. The van der Waals surface area contributed by atoms with E-state index in [-0.39, 0.29) is 35.8 Å². The van der Waals surface area contributed by atoms with Gasteiger partial charge in [-0.3, -0.25) is 9.59 Å². The average molecular weight is 565 g/mol. The van der Waals surface area contributed by atoms with Crippen LogP contribution in [0.2, 0.25) is 0 Å². The number of carbonyl (C=O) groups is 2. The molecule has 12 heteroatoms. The van der Waals surface area contributed by atoms with Gasteiger partial charge in [0, 0.05) is 28.7 Å². The van der Waals surface area contributed by atoms with Crippen LogP contribution < -0.4 is 10.6 Å². The zero-order chi connectivity index (χ0) is 26.7. The lowest BCUT2D eigenvalue weighted by atomic mass is 10.0. The first kappa shape index (κ1) is 27.6. The van der Waals surface area contributed by atoms with Crippen LogP contribution in [0.15, 0.2) is 40.9 Å². The number of aromatic nitrogens is 1. The van der Waals surface area contributed by atoms with E-state index in [1.165, 1.54) is 21.8 Å². The van der Waals surface area contributed by atoms with Crippen molar-refractivity contribution in [2.24, 2.45) is 5.92 Å². The van der Waals surface area contributed by atoms with Crippen LogP contribution in [0.1, 0.15) is 48.3 Å². The zero-order valence-electron chi connectivity index (χ0n) is 21.0. The minimum atomic E-state index is -3.89. The molecule has 4 heterocycles. The second-order valence-electron chi connectivity index (χ2n) is 9.73. The first-order chi connectivity index (χ1) is 17.6. The quantitative estimate of drug-likeness (QED) is 0.386. The molecule has 0 aliphatic carbocycles. The summed E-state index contributed by atoms with van der Waals surface area (Å²) in [7, 11) is -3.89.